The van der Waals surface area contributed by atoms with E-state index in [1.807, 2.05) is 24.3 Å². The van der Waals surface area contributed by atoms with E-state index in [0.717, 1.165) is 42.9 Å². The number of hydrogen-bond acceptors (Lipinski definition) is 5. The van der Waals surface area contributed by atoms with Gasteiger partial charge in [0.15, 0.2) is 5.78 Å². The van der Waals surface area contributed by atoms with Crippen molar-refractivity contribution in [3.8, 4) is 0 Å². The lowest BCUT2D eigenvalue weighted by Crippen LogP contribution is -2.43. The normalized spacial score (nSPS) is 14.5. The van der Waals surface area contributed by atoms with Crippen LogP contribution in [0.3, 0.4) is 0 Å². The molecule has 2 heterocycles. The fraction of sp³-hybridized carbons (Fsp3) is 0.238. The van der Waals surface area contributed by atoms with Crippen molar-refractivity contribution in [2.75, 3.05) is 36.8 Å². The highest BCUT2D eigenvalue weighted by molar-refractivity contribution is 6.01. The summed E-state index contributed by atoms with van der Waals surface area (Å²) < 4.78 is 13.4. The summed E-state index contributed by atoms with van der Waals surface area (Å²) in [6.07, 6.45) is 0.0708. The molecule has 1 fully saturated rings. The van der Waals surface area contributed by atoms with Crippen LogP contribution >= 0.6 is 0 Å². The first-order chi connectivity index (χ1) is 13.1. The Hall–Kier alpha value is -2.99. The maximum Gasteiger partial charge on any atom is 0.167 e. The second kappa shape index (κ2) is 7.32. The van der Waals surface area contributed by atoms with E-state index in [1.54, 1.807) is 6.07 Å². The number of Topliss-reactive ketones (excluding diaryl/α,β-unsaturated/α-hetero) is 1. The molecule has 2 aromatic carbocycles. The number of benzene rings is 2. The standard InChI is InChI=1S/C21H21FN4O/c22-17-3-4-18(23)16(12-17)13-20(27)15-1-5-19-14(11-15)2-6-21(25-19)26-9-7-24-8-10-26/h1-6,11-12,24H,7-10,13,23H2. The van der Waals surface area contributed by atoms with Crippen LogP contribution in [-0.4, -0.2) is 36.9 Å². The minimum atomic E-state index is -0.393. The predicted molar refractivity (Wildman–Crippen MR) is 106 cm³/mol. The van der Waals surface area contributed by atoms with Crippen LogP contribution in [0.2, 0.25) is 0 Å². The predicted octanol–water partition coefficient (Wildman–Crippen LogP) is 2.79. The van der Waals surface area contributed by atoms with Crippen LogP contribution in [-0.2, 0) is 6.42 Å². The van der Waals surface area contributed by atoms with Crippen LogP contribution in [0.4, 0.5) is 15.9 Å². The van der Waals surface area contributed by atoms with Gasteiger partial charge in [0.2, 0.25) is 0 Å². The van der Waals surface area contributed by atoms with Crippen molar-refractivity contribution in [2.45, 2.75) is 6.42 Å². The van der Waals surface area contributed by atoms with E-state index in [2.05, 4.69) is 10.2 Å². The number of ketones is 1. The zero-order chi connectivity index (χ0) is 18.8. The molecule has 3 aromatic rings. The largest absolute Gasteiger partial charge is 0.398 e. The first-order valence-corrected chi connectivity index (χ1v) is 9.04. The Kier molecular flexibility index (Phi) is 4.73. The van der Waals surface area contributed by atoms with Crippen LogP contribution in [0.15, 0.2) is 48.5 Å². The third kappa shape index (κ3) is 3.75. The van der Waals surface area contributed by atoms with Crippen LogP contribution in [0.25, 0.3) is 10.9 Å². The summed E-state index contributed by atoms with van der Waals surface area (Å²) in [6, 6.07) is 13.6. The SMILES string of the molecule is Nc1ccc(F)cc1CC(=O)c1ccc2nc(N3CCNCC3)ccc2c1. The highest BCUT2D eigenvalue weighted by Gasteiger charge is 2.14. The summed E-state index contributed by atoms with van der Waals surface area (Å²) in [4.78, 5) is 19.6. The average molecular weight is 364 g/mol. The van der Waals surface area contributed by atoms with Crippen LogP contribution in [0.1, 0.15) is 15.9 Å². The second-order valence-corrected chi connectivity index (χ2v) is 6.76. The number of carbonyl (C=O) groups excluding carboxylic acids is 1. The minimum absolute atomic E-state index is 0.0708. The molecule has 0 bridgehead atoms. The van der Waals surface area contributed by atoms with Gasteiger partial charge in [-0.05, 0) is 54.1 Å². The molecule has 0 spiro atoms. The number of nitrogen functional groups attached to an aromatic ring is 1. The molecule has 5 nitrogen and oxygen atoms in total. The third-order valence-electron chi connectivity index (χ3n) is 4.89. The molecule has 1 aliphatic heterocycles. The van der Waals surface area contributed by atoms with Gasteiger partial charge >= 0.3 is 0 Å². The van der Waals surface area contributed by atoms with Gasteiger partial charge in [-0.2, -0.15) is 0 Å². The van der Waals surface area contributed by atoms with Gasteiger partial charge in [0, 0.05) is 49.2 Å². The first-order valence-electron chi connectivity index (χ1n) is 9.04. The van der Waals surface area contributed by atoms with Crippen LogP contribution in [0, 0.1) is 5.82 Å². The fourth-order valence-electron chi connectivity index (χ4n) is 3.36. The number of fused-ring (bicyclic) bond motifs is 1. The number of nitrogens with zero attached hydrogens (tertiary/aromatic N) is 2. The Balaban J connectivity index is 1.57. The topological polar surface area (TPSA) is 71.2 Å². The van der Waals surface area contributed by atoms with E-state index in [9.17, 15) is 9.18 Å². The summed E-state index contributed by atoms with van der Waals surface area (Å²) in [5.41, 5.74) is 8.21. The molecule has 0 atom stereocenters. The van der Waals surface area contributed by atoms with Gasteiger partial charge in [0.1, 0.15) is 11.6 Å². The molecule has 0 saturated carbocycles. The quantitative estimate of drug-likeness (QED) is 0.550. The van der Waals surface area contributed by atoms with Gasteiger partial charge in [-0.3, -0.25) is 4.79 Å². The van der Waals surface area contributed by atoms with Crippen LogP contribution in [0.5, 0.6) is 0 Å². The second-order valence-electron chi connectivity index (χ2n) is 6.76. The zero-order valence-electron chi connectivity index (χ0n) is 14.9. The summed E-state index contributed by atoms with van der Waals surface area (Å²) in [5, 5.41) is 4.24. The number of rotatable bonds is 4. The lowest BCUT2D eigenvalue weighted by atomic mass is 10.00. The molecule has 0 amide bonds. The van der Waals surface area contributed by atoms with Crippen molar-refractivity contribution in [2.24, 2.45) is 0 Å². The molecule has 138 valence electrons. The lowest BCUT2D eigenvalue weighted by Gasteiger charge is -2.28. The highest BCUT2D eigenvalue weighted by Crippen LogP contribution is 2.22. The summed E-state index contributed by atoms with van der Waals surface area (Å²) in [6.45, 7) is 3.78. The molecule has 0 aliphatic carbocycles. The van der Waals surface area contributed by atoms with Crippen molar-refractivity contribution in [1.29, 1.82) is 0 Å². The molecular weight excluding hydrogens is 343 g/mol. The van der Waals surface area contributed by atoms with Gasteiger partial charge < -0.3 is 16.0 Å². The van der Waals surface area contributed by atoms with E-state index in [0.29, 0.717) is 16.8 Å². The number of piperazine rings is 1. The average Bonchev–Trinajstić information content (AvgIpc) is 2.70. The molecule has 3 N–H and O–H groups in total. The molecular formula is C21H21FN4O. The summed E-state index contributed by atoms with van der Waals surface area (Å²) in [7, 11) is 0. The number of carbonyl (C=O) groups is 1. The van der Waals surface area contributed by atoms with Gasteiger partial charge in [-0.15, -0.1) is 0 Å². The summed E-state index contributed by atoms with van der Waals surface area (Å²) >= 11 is 0. The summed E-state index contributed by atoms with van der Waals surface area (Å²) in [5.74, 6) is 0.464. The number of nitrogens with two attached hydrogens (primary N) is 1. The molecule has 4 rings (SSSR count). The number of hydrogen-bond donors (Lipinski definition) is 2. The monoisotopic (exact) mass is 364 g/mol. The van der Waals surface area contributed by atoms with Gasteiger partial charge in [0.05, 0.1) is 5.52 Å². The van der Waals surface area contributed by atoms with Gasteiger partial charge in [-0.1, -0.05) is 0 Å². The third-order valence-corrected chi connectivity index (χ3v) is 4.89. The van der Waals surface area contributed by atoms with Crippen molar-refractivity contribution in [1.82, 2.24) is 10.3 Å². The number of anilines is 2. The van der Waals surface area contributed by atoms with E-state index >= 15 is 0 Å². The van der Waals surface area contributed by atoms with Gasteiger partial charge in [-0.25, -0.2) is 9.37 Å². The van der Waals surface area contributed by atoms with E-state index in [-0.39, 0.29) is 12.2 Å². The molecule has 1 saturated heterocycles. The van der Waals surface area contributed by atoms with Crippen molar-refractivity contribution >= 4 is 28.2 Å². The molecule has 0 radical (unpaired) electrons. The highest BCUT2D eigenvalue weighted by atomic mass is 19.1. The van der Waals surface area contributed by atoms with Crippen molar-refractivity contribution < 1.29 is 9.18 Å². The molecule has 27 heavy (non-hydrogen) atoms. The Morgan fingerprint density at radius 2 is 1.93 bits per heavy atom. The van der Waals surface area contributed by atoms with E-state index < -0.39 is 5.82 Å². The number of halogens is 1. The van der Waals surface area contributed by atoms with E-state index in [4.69, 9.17) is 10.7 Å². The first kappa shape index (κ1) is 17.4. The lowest BCUT2D eigenvalue weighted by molar-refractivity contribution is 0.0993. The maximum atomic E-state index is 13.4. The number of nitrogens with one attached hydrogen (secondary N) is 1. The molecule has 0 unspecified atom stereocenters. The smallest absolute Gasteiger partial charge is 0.167 e. The Morgan fingerprint density at radius 3 is 2.74 bits per heavy atom. The Labute approximate surface area is 157 Å². The molecule has 1 aromatic heterocycles. The van der Waals surface area contributed by atoms with Crippen LogP contribution < -0.4 is 16.0 Å². The van der Waals surface area contributed by atoms with Gasteiger partial charge in [0.25, 0.3) is 0 Å². The molecule has 1 aliphatic rings. The van der Waals surface area contributed by atoms with E-state index in [1.165, 1.54) is 18.2 Å². The zero-order valence-corrected chi connectivity index (χ0v) is 14.9. The number of aromatic nitrogens is 1. The van der Waals surface area contributed by atoms with Crippen molar-refractivity contribution in [3.63, 3.8) is 0 Å². The fourth-order valence-corrected chi connectivity index (χ4v) is 3.36. The maximum absolute atomic E-state index is 13.4. The Morgan fingerprint density at radius 1 is 1.11 bits per heavy atom. The molecule has 6 heteroatoms. The number of pyridine rings is 1. The Bertz CT molecular complexity index is 999. The minimum Gasteiger partial charge on any atom is -0.398 e. The van der Waals surface area contributed by atoms with Crippen molar-refractivity contribution in [3.05, 3.63) is 65.5 Å².